The van der Waals surface area contributed by atoms with Crippen molar-refractivity contribution in [2.24, 2.45) is 0 Å². The summed E-state index contributed by atoms with van der Waals surface area (Å²) in [5, 5.41) is 19.3. The zero-order chi connectivity index (χ0) is 23.9. The van der Waals surface area contributed by atoms with Crippen molar-refractivity contribution in [2.45, 2.75) is 38.7 Å². The van der Waals surface area contributed by atoms with Crippen LogP contribution in [0.2, 0.25) is 0 Å². The lowest BCUT2D eigenvalue weighted by atomic mass is 10.1. The van der Waals surface area contributed by atoms with Crippen molar-refractivity contribution >= 4 is 28.4 Å². The number of alkyl halides is 3. The van der Waals surface area contributed by atoms with Gasteiger partial charge in [0.2, 0.25) is 0 Å². The highest BCUT2D eigenvalue weighted by Gasteiger charge is 2.28. The van der Waals surface area contributed by atoms with Crippen LogP contribution in [0, 0.1) is 0 Å². The topological polar surface area (TPSA) is 97.5 Å². The molecule has 0 unspecified atom stereocenters. The van der Waals surface area contributed by atoms with Crippen molar-refractivity contribution in [3.8, 4) is 11.3 Å². The number of hydrogen-bond donors (Lipinski definition) is 3. The molecule has 12 heteroatoms. The molecule has 0 amide bonds. The van der Waals surface area contributed by atoms with Gasteiger partial charge >= 0.3 is 6.18 Å². The van der Waals surface area contributed by atoms with Crippen molar-refractivity contribution in [2.75, 3.05) is 23.7 Å². The van der Waals surface area contributed by atoms with Crippen LogP contribution in [-0.2, 0) is 6.54 Å². The average Bonchev–Trinajstić information content (AvgIpc) is 3.36. The van der Waals surface area contributed by atoms with Gasteiger partial charge in [-0.15, -0.1) is 0 Å². The molecule has 178 valence electrons. The Balaban J connectivity index is 1.44. The van der Waals surface area contributed by atoms with Gasteiger partial charge in [-0.05, 0) is 32.0 Å². The number of hydrogen-bond acceptors (Lipinski definition) is 7. The number of nitrogens with zero attached hydrogens (tertiary/aromatic N) is 6. The second-order valence-corrected chi connectivity index (χ2v) is 8.55. The number of aromatic nitrogens is 6. The number of fused-ring (bicyclic) bond motifs is 1. The maximum absolute atomic E-state index is 12.8. The third-order valence-corrected chi connectivity index (χ3v) is 5.49. The number of halogens is 3. The summed E-state index contributed by atoms with van der Waals surface area (Å²) in [6.07, 6.45) is 0.368. The fourth-order valence-corrected chi connectivity index (χ4v) is 3.74. The van der Waals surface area contributed by atoms with E-state index in [-0.39, 0.29) is 12.1 Å². The summed E-state index contributed by atoms with van der Waals surface area (Å²) in [6, 6.07) is 7.55. The Kier molecular flexibility index (Phi) is 5.60. The van der Waals surface area contributed by atoms with Crippen LogP contribution in [-0.4, -0.2) is 54.8 Å². The highest BCUT2D eigenvalue weighted by atomic mass is 19.4. The molecule has 1 saturated heterocycles. The van der Waals surface area contributed by atoms with E-state index in [4.69, 9.17) is 0 Å². The summed E-state index contributed by atoms with van der Waals surface area (Å²) in [5.41, 5.74) is 2.54. The molecule has 0 bridgehead atoms. The van der Waals surface area contributed by atoms with Crippen molar-refractivity contribution in [1.82, 2.24) is 34.8 Å². The third kappa shape index (κ3) is 4.67. The van der Waals surface area contributed by atoms with E-state index in [2.05, 4.69) is 36.1 Å². The van der Waals surface area contributed by atoms with E-state index in [0.29, 0.717) is 22.9 Å². The van der Waals surface area contributed by atoms with Crippen LogP contribution < -0.4 is 16.0 Å². The van der Waals surface area contributed by atoms with E-state index in [9.17, 15) is 13.2 Å². The van der Waals surface area contributed by atoms with Gasteiger partial charge in [0.15, 0.2) is 5.65 Å². The first-order valence-electron chi connectivity index (χ1n) is 10.9. The molecule has 0 spiro atoms. The molecule has 0 aliphatic carbocycles. The minimum Gasteiger partial charge on any atom is -0.379 e. The van der Waals surface area contributed by atoms with Crippen molar-refractivity contribution in [3.05, 3.63) is 42.9 Å². The summed E-state index contributed by atoms with van der Waals surface area (Å²) >= 11 is 0. The Labute approximate surface area is 193 Å². The molecule has 0 saturated carbocycles. The molecule has 0 aromatic carbocycles. The monoisotopic (exact) mass is 471 g/mol. The lowest BCUT2D eigenvalue weighted by Gasteiger charge is -2.29. The first kappa shape index (κ1) is 22.1. The summed E-state index contributed by atoms with van der Waals surface area (Å²) in [4.78, 5) is 9.15. The van der Waals surface area contributed by atoms with E-state index in [1.165, 1.54) is 6.20 Å². The van der Waals surface area contributed by atoms with Gasteiger partial charge < -0.3 is 16.0 Å². The summed E-state index contributed by atoms with van der Waals surface area (Å²) in [7, 11) is 0. The highest BCUT2D eigenvalue weighted by Crippen LogP contribution is 2.31. The second-order valence-electron chi connectivity index (χ2n) is 8.55. The predicted molar refractivity (Wildman–Crippen MR) is 123 cm³/mol. The molecule has 4 aromatic rings. The largest absolute Gasteiger partial charge is 0.408 e. The second kappa shape index (κ2) is 8.60. The standard InChI is InChI=1S/C22H24F3N9/c1-13(2)34-21-14(8-28-34)3-4-19(31-21)30-20-7-18(29-15-9-26-10-15)16(11-27-20)17-5-6-33(32-17)12-22(23,24)25/h3-8,11,13,15,26H,9-10,12H2,1-2H3,(H2,27,29,30,31). The zero-order valence-electron chi connectivity index (χ0n) is 18.6. The molecule has 4 aromatic heterocycles. The number of nitrogens with one attached hydrogen (secondary N) is 3. The molecule has 34 heavy (non-hydrogen) atoms. The predicted octanol–water partition coefficient (Wildman–Crippen LogP) is 3.96. The first-order valence-corrected chi connectivity index (χ1v) is 10.9. The lowest BCUT2D eigenvalue weighted by molar-refractivity contribution is -0.142. The third-order valence-electron chi connectivity index (χ3n) is 5.49. The van der Waals surface area contributed by atoms with Gasteiger partial charge in [0, 0.05) is 54.2 Å². The Bertz CT molecular complexity index is 1300. The van der Waals surface area contributed by atoms with Crippen molar-refractivity contribution < 1.29 is 13.2 Å². The smallest absolute Gasteiger partial charge is 0.379 e. The Morgan fingerprint density at radius 3 is 2.68 bits per heavy atom. The molecular formula is C22H24F3N9. The molecule has 5 rings (SSSR count). The Morgan fingerprint density at radius 1 is 1.15 bits per heavy atom. The normalized spacial score (nSPS) is 14.5. The minimum atomic E-state index is -4.34. The van der Waals surface area contributed by atoms with Gasteiger partial charge in [0.25, 0.3) is 0 Å². The molecule has 1 aliphatic heterocycles. The number of anilines is 3. The van der Waals surface area contributed by atoms with Crippen LogP contribution in [0.4, 0.5) is 30.5 Å². The maximum atomic E-state index is 12.8. The lowest BCUT2D eigenvalue weighted by Crippen LogP contribution is -2.51. The van der Waals surface area contributed by atoms with Crippen molar-refractivity contribution in [1.29, 1.82) is 0 Å². The molecule has 0 radical (unpaired) electrons. The van der Waals surface area contributed by atoms with Crippen LogP contribution in [0.3, 0.4) is 0 Å². The van der Waals surface area contributed by atoms with Crippen molar-refractivity contribution in [3.63, 3.8) is 0 Å². The van der Waals surface area contributed by atoms with Gasteiger partial charge in [-0.25, -0.2) is 14.6 Å². The van der Waals surface area contributed by atoms with E-state index in [0.717, 1.165) is 34.5 Å². The number of pyridine rings is 2. The van der Waals surface area contributed by atoms with Crippen LogP contribution in [0.25, 0.3) is 22.3 Å². The SMILES string of the molecule is CC(C)n1ncc2ccc(Nc3cc(NC4CNC4)c(-c4ccn(CC(F)(F)F)n4)cn3)nc21. The highest BCUT2D eigenvalue weighted by molar-refractivity contribution is 5.80. The fourth-order valence-electron chi connectivity index (χ4n) is 3.74. The van der Waals surface area contributed by atoms with E-state index >= 15 is 0 Å². The molecule has 1 fully saturated rings. The molecule has 9 nitrogen and oxygen atoms in total. The Morgan fingerprint density at radius 2 is 1.97 bits per heavy atom. The zero-order valence-corrected chi connectivity index (χ0v) is 18.6. The van der Waals surface area contributed by atoms with Gasteiger partial charge in [-0.1, -0.05) is 0 Å². The first-order chi connectivity index (χ1) is 16.2. The van der Waals surface area contributed by atoms with Gasteiger partial charge in [-0.3, -0.25) is 4.68 Å². The van der Waals surface area contributed by atoms with E-state index < -0.39 is 12.7 Å². The Hall–Kier alpha value is -3.67. The average molecular weight is 471 g/mol. The van der Waals surface area contributed by atoms with E-state index in [1.54, 1.807) is 18.5 Å². The minimum absolute atomic E-state index is 0.168. The quantitative estimate of drug-likeness (QED) is 0.375. The molecule has 5 heterocycles. The van der Waals surface area contributed by atoms with Gasteiger partial charge in [0.1, 0.15) is 18.2 Å². The number of rotatable bonds is 7. The summed E-state index contributed by atoms with van der Waals surface area (Å²) in [5.74, 6) is 1.16. The fraction of sp³-hybridized carbons (Fsp3) is 0.364. The molecular weight excluding hydrogens is 447 g/mol. The van der Waals surface area contributed by atoms with Gasteiger partial charge in [0.05, 0.1) is 17.9 Å². The van der Waals surface area contributed by atoms with Crippen LogP contribution >= 0.6 is 0 Å². The maximum Gasteiger partial charge on any atom is 0.408 e. The molecule has 1 aliphatic rings. The van der Waals surface area contributed by atoms with Gasteiger partial charge in [-0.2, -0.15) is 23.4 Å². The molecule has 0 atom stereocenters. The van der Waals surface area contributed by atoms with E-state index in [1.807, 2.05) is 36.7 Å². The molecule has 3 N–H and O–H groups in total. The van der Waals surface area contributed by atoms with Crippen LogP contribution in [0.15, 0.2) is 42.9 Å². The van der Waals surface area contributed by atoms with Crippen LogP contribution in [0.1, 0.15) is 19.9 Å². The van der Waals surface area contributed by atoms with Crippen LogP contribution in [0.5, 0.6) is 0 Å². The summed E-state index contributed by atoms with van der Waals surface area (Å²) < 4.78 is 41.0. The summed E-state index contributed by atoms with van der Waals surface area (Å²) in [6.45, 7) is 4.53.